The number of hydroxylamine groups is 1. The highest BCUT2D eigenvalue weighted by atomic mass is 16.5. The fourth-order valence-electron chi connectivity index (χ4n) is 3.48. The van der Waals surface area contributed by atoms with Gasteiger partial charge in [-0.05, 0) is 46.1 Å². The third-order valence-electron chi connectivity index (χ3n) is 4.96. The summed E-state index contributed by atoms with van der Waals surface area (Å²) in [6, 6.07) is 9.32. The third-order valence-corrected chi connectivity index (χ3v) is 4.96. The second-order valence-corrected chi connectivity index (χ2v) is 8.13. The van der Waals surface area contributed by atoms with Crippen molar-refractivity contribution in [3.8, 4) is 0 Å². The first-order chi connectivity index (χ1) is 13.6. The molecule has 1 rings (SSSR count). The maximum Gasteiger partial charge on any atom is 0.407 e. The van der Waals surface area contributed by atoms with Crippen LogP contribution in [0.15, 0.2) is 30.3 Å². The number of nitrogens with zero attached hydrogens (tertiary/aromatic N) is 1. The van der Waals surface area contributed by atoms with Crippen LogP contribution in [0.5, 0.6) is 0 Å². The van der Waals surface area contributed by atoms with E-state index in [4.69, 9.17) is 14.9 Å². The lowest BCUT2D eigenvalue weighted by Gasteiger charge is -2.41. The summed E-state index contributed by atoms with van der Waals surface area (Å²) >= 11 is 0. The van der Waals surface area contributed by atoms with Crippen LogP contribution in [0, 0.1) is 11.3 Å². The van der Waals surface area contributed by atoms with Gasteiger partial charge in [-0.15, -0.1) is 0 Å². The standard InChI is InChI=1S/C21H35N3O5/c1-15(24(20(25)26)21(2,3)4)18(19(22)23-27)12-11-17(28-5)14-29-13-16-9-7-6-8-10-16/h6-10,15,17-18,27H,11-14H2,1-5H3,(H2,22,23)(H,25,26)/t15?,17-,18?/m0/s1. The van der Waals surface area contributed by atoms with Crippen LogP contribution < -0.4 is 5.48 Å². The number of hydrogen-bond donors (Lipinski definition) is 4. The molecule has 3 atom stereocenters. The highest BCUT2D eigenvalue weighted by Gasteiger charge is 2.37. The lowest BCUT2D eigenvalue weighted by Crippen LogP contribution is -2.55. The van der Waals surface area contributed by atoms with E-state index >= 15 is 0 Å². The van der Waals surface area contributed by atoms with Gasteiger partial charge in [0.15, 0.2) is 0 Å². The van der Waals surface area contributed by atoms with Crippen LogP contribution in [0.4, 0.5) is 4.79 Å². The Kier molecular flexibility index (Phi) is 10.1. The third kappa shape index (κ3) is 8.00. The van der Waals surface area contributed by atoms with Gasteiger partial charge in [-0.25, -0.2) is 4.79 Å². The van der Waals surface area contributed by atoms with Crippen LogP contribution >= 0.6 is 0 Å². The molecule has 1 amide bonds. The number of benzene rings is 1. The quantitative estimate of drug-likeness (QED) is 0.251. The van der Waals surface area contributed by atoms with Crippen molar-refractivity contribution in [2.75, 3.05) is 13.7 Å². The molecule has 0 aliphatic rings. The van der Waals surface area contributed by atoms with E-state index in [1.54, 1.807) is 34.8 Å². The Labute approximate surface area is 173 Å². The van der Waals surface area contributed by atoms with E-state index < -0.39 is 23.6 Å². The van der Waals surface area contributed by atoms with Crippen LogP contribution in [0.1, 0.15) is 46.1 Å². The van der Waals surface area contributed by atoms with E-state index in [2.05, 4.69) is 0 Å². The van der Waals surface area contributed by atoms with Crippen molar-refractivity contribution < 1.29 is 24.6 Å². The molecule has 164 valence electrons. The molecular formula is C21H35N3O5. The van der Waals surface area contributed by atoms with Gasteiger partial charge >= 0.3 is 6.09 Å². The molecule has 0 spiro atoms. The minimum Gasteiger partial charge on any atom is -0.465 e. The Hall–Kier alpha value is -2.16. The lowest BCUT2D eigenvalue weighted by molar-refractivity contribution is -0.00635. The first-order valence-corrected chi connectivity index (χ1v) is 9.77. The number of ether oxygens (including phenoxy) is 2. The van der Waals surface area contributed by atoms with Crippen molar-refractivity contribution >= 4 is 11.9 Å². The van der Waals surface area contributed by atoms with Crippen LogP contribution in [0.2, 0.25) is 0 Å². The van der Waals surface area contributed by atoms with Gasteiger partial charge in [-0.2, -0.15) is 0 Å². The van der Waals surface area contributed by atoms with E-state index in [-0.39, 0.29) is 11.9 Å². The Balaban J connectivity index is 2.73. The van der Waals surface area contributed by atoms with Crippen molar-refractivity contribution in [3.63, 3.8) is 0 Å². The maximum absolute atomic E-state index is 11.8. The van der Waals surface area contributed by atoms with Gasteiger partial charge in [0.25, 0.3) is 0 Å². The number of carbonyl (C=O) groups is 1. The topological polar surface area (TPSA) is 115 Å². The minimum absolute atomic E-state index is 0.118. The van der Waals surface area contributed by atoms with Crippen molar-refractivity contribution in [1.82, 2.24) is 10.4 Å². The molecule has 0 bridgehead atoms. The molecular weight excluding hydrogens is 374 g/mol. The molecule has 0 aromatic heterocycles. The molecule has 0 saturated heterocycles. The zero-order valence-electron chi connectivity index (χ0n) is 18.0. The fraction of sp³-hybridized carbons (Fsp3) is 0.619. The molecule has 0 aliphatic heterocycles. The molecule has 8 nitrogen and oxygen atoms in total. The summed E-state index contributed by atoms with van der Waals surface area (Å²) in [6.45, 7) is 8.03. The van der Waals surface area contributed by atoms with Crippen LogP contribution in [0.3, 0.4) is 0 Å². The van der Waals surface area contributed by atoms with Crippen molar-refractivity contribution in [3.05, 3.63) is 35.9 Å². The van der Waals surface area contributed by atoms with Crippen LogP contribution in [-0.2, 0) is 16.1 Å². The van der Waals surface area contributed by atoms with Gasteiger partial charge in [-0.3, -0.25) is 16.1 Å². The van der Waals surface area contributed by atoms with Crippen molar-refractivity contribution in [1.29, 1.82) is 5.41 Å². The SMILES string of the molecule is CO[C@@H](CCC(C(=N)NO)C(C)N(C(=O)O)C(C)(C)C)COCc1ccccc1. The van der Waals surface area contributed by atoms with Gasteiger partial charge in [-0.1, -0.05) is 30.3 Å². The average Bonchev–Trinajstić information content (AvgIpc) is 2.65. The summed E-state index contributed by atoms with van der Waals surface area (Å²) in [5.74, 6) is -0.629. The number of amidine groups is 1. The second kappa shape index (κ2) is 11.7. The molecule has 4 N–H and O–H groups in total. The Morgan fingerprint density at radius 1 is 1.24 bits per heavy atom. The Morgan fingerprint density at radius 3 is 2.34 bits per heavy atom. The Morgan fingerprint density at radius 2 is 1.86 bits per heavy atom. The molecule has 8 heteroatoms. The van der Waals surface area contributed by atoms with Crippen molar-refractivity contribution in [2.45, 2.75) is 64.8 Å². The van der Waals surface area contributed by atoms with Gasteiger partial charge in [0.05, 0.1) is 19.3 Å². The first kappa shape index (κ1) is 24.9. The average molecular weight is 410 g/mol. The van der Waals surface area contributed by atoms with Crippen LogP contribution in [-0.4, -0.2) is 58.5 Å². The minimum atomic E-state index is -1.06. The summed E-state index contributed by atoms with van der Waals surface area (Å²) in [5.41, 5.74) is 2.32. The highest BCUT2D eigenvalue weighted by molar-refractivity contribution is 5.81. The predicted molar refractivity (Wildman–Crippen MR) is 111 cm³/mol. The Bertz CT molecular complexity index is 633. The van der Waals surface area contributed by atoms with E-state index in [1.807, 2.05) is 35.8 Å². The largest absolute Gasteiger partial charge is 0.465 e. The van der Waals surface area contributed by atoms with E-state index in [0.717, 1.165) is 5.56 Å². The highest BCUT2D eigenvalue weighted by Crippen LogP contribution is 2.26. The summed E-state index contributed by atoms with van der Waals surface area (Å²) in [4.78, 5) is 13.1. The first-order valence-electron chi connectivity index (χ1n) is 9.77. The second-order valence-electron chi connectivity index (χ2n) is 8.13. The number of nitrogens with one attached hydrogen (secondary N) is 2. The fourth-order valence-corrected chi connectivity index (χ4v) is 3.48. The summed E-state index contributed by atoms with van der Waals surface area (Å²) < 4.78 is 11.2. The number of amides is 1. The lowest BCUT2D eigenvalue weighted by atomic mass is 9.89. The van der Waals surface area contributed by atoms with E-state index in [0.29, 0.717) is 26.1 Å². The number of rotatable bonds is 11. The zero-order valence-corrected chi connectivity index (χ0v) is 18.0. The predicted octanol–water partition coefficient (Wildman–Crippen LogP) is 3.74. The zero-order chi connectivity index (χ0) is 22.0. The molecule has 0 saturated carbocycles. The summed E-state index contributed by atoms with van der Waals surface area (Å²) in [6.07, 6.45) is -0.245. The van der Waals surface area contributed by atoms with Gasteiger partial charge in [0.2, 0.25) is 0 Å². The number of hydrogen-bond acceptors (Lipinski definition) is 5. The summed E-state index contributed by atoms with van der Waals surface area (Å²) in [5, 5.41) is 27.0. The molecule has 0 fully saturated rings. The molecule has 0 aliphatic carbocycles. The van der Waals surface area contributed by atoms with Gasteiger partial charge in [0, 0.05) is 24.6 Å². The van der Waals surface area contributed by atoms with E-state index in [1.165, 1.54) is 4.90 Å². The molecule has 1 aromatic carbocycles. The molecule has 29 heavy (non-hydrogen) atoms. The number of carboxylic acid groups (broad SMARTS) is 1. The maximum atomic E-state index is 11.8. The normalized spacial score (nSPS) is 14.7. The van der Waals surface area contributed by atoms with Crippen LogP contribution in [0.25, 0.3) is 0 Å². The molecule has 1 aromatic rings. The molecule has 0 heterocycles. The smallest absolute Gasteiger partial charge is 0.407 e. The molecule has 0 radical (unpaired) electrons. The molecule has 2 unspecified atom stereocenters. The number of methoxy groups -OCH3 is 1. The van der Waals surface area contributed by atoms with Gasteiger partial charge < -0.3 is 19.5 Å². The monoisotopic (exact) mass is 409 g/mol. The summed E-state index contributed by atoms with van der Waals surface area (Å²) in [7, 11) is 1.60. The van der Waals surface area contributed by atoms with Crippen molar-refractivity contribution in [2.24, 2.45) is 5.92 Å². The van der Waals surface area contributed by atoms with E-state index in [9.17, 15) is 15.1 Å². The van der Waals surface area contributed by atoms with Gasteiger partial charge in [0.1, 0.15) is 5.84 Å².